The summed E-state index contributed by atoms with van der Waals surface area (Å²) in [7, 11) is -1.11. The minimum Gasteiger partial charge on any atom is -0.441 e. The van der Waals surface area contributed by atoms with Crippen LogP contribution in [0.1, 0.15) is 27.3 Å². The van der Waals surface area contributed by atoms with Gasteiger partial charge in [0.15, 0.2) is 0 Å². The first kappa shape index (κ1) is 17.4. The highest BCUT2D eigenvalue weighted by Crippen LogP contribution is 2.60. The summed E-state index contributed by atoms with van der Waals surface area (Å²) in [6.45, 7) is 1.92. The van der Waals surface area contributed by atoms with Gasteiger partial charge in [-0.05, 0) is 19.1 Å². The zero-order valence-corrected chi connectivity index (χ0v) is 14.2. The van der Waals surface area contributed by atoms with Crippen LogP contribution >= 0.6 is 7.60 Å². The van der Waals surface area contributed by atoms with E-state index >= 15 is 0 Å². The van der Waals surface area contributed by atoms with Crippen molar-refractivity contribution in [2.75, 3.05) is 14.2 Å². The van der Waals surface area contributed by atoms with Crippen LogP contribution in [-0.2, 0) is 18.3 Å². The predicted octanol–water partition coefficient (Wildman–Crippen LogP) is 4.34. The molecule has 0 radical (unpaired) electrons. The molecule has 5 nitrogen and oxygen atoms in total. The second-order valence-corrected chi connectivity index (χ2v) is 7.22. The van der Waals surface area contributed by atoms with Crippen molar-refractivity contribution in [1.82, 2.24) is 0 Å². The van der Waals surface area contributed by atoms with E-state index in [1.807, 2.05) is 13.0 Å². The van der Waals surface area contributed by atoms with Gasteiger partial charge in [-0.15, -0.1) is 0 Å². The second kappa shape index (κ2) is 7.55. The molecule has 0 heterocycles. The number of carbonyl (C=O) groups is 1. The van der Waals surface area contributed by atoms with Crippen LogP contribution in [0.2, 0.25) is 0 Å². The van der Waals surface area contributed by atoms with Crippen LogP contribution < -0.4 is 0 Å². The maximum Gasteiger partial charge on any atom is 0.375 e. The Hall–Kier alpha value is -1.94. The third kappa shape index (κ3) is 4.08. The van der Waals surface area contributed by atoms with Gasteiger partial charge < -0.3 is 13.8 Å². The molecular weight excluding hydrogens is 315 g/mol. The second-order valence-electron chi connectivity index (χ2n) is 4.94. The predicted molar refractivity (Wildman–Crippen MR) is 87.4 cm³/mol. The number of hydrogen-bond acceptors (Lipinski definition) is 5. The molecule has 2 aromatic rings. The molecule has 2 aromatic carbocycles. The van der Waals surface area contributed by atoms with Crippen LogP contribution in [0.25, 0.3) is 0 Å². The van der Waals surface area contributed by atoms with Crippen molar-refractivity contribution in [2.24, 2.45) is 0 Å². The molecule has 23 heavy (non-hydrogen) atoms. The van der Waals surface area contributed by atoms with Gasteiger partial charge in [-0.1, -0.05) is 48.0 Å². The fourth-order valence-electron chi connectivity index (χ4n) is 2.06. The molecule has 0 aliphatic rings. The van der Waals surface area contributed by atoms with E-state index < -0.39 is 19.4 Å². The molecule has 0 saturated carbocycles. The Morgan fingerprint density at radius 2 is 1.52 bits per heavy atom. The molecule has 0 aliphatic heterocycles. The first-order chi connectivity index (χ1) is 11.0. The largest absolute Gasteiger partial charge is 0.441 e. The summed E-state index contributed by atoms with van der Waals surface area (Å²) in [5.41, 5.74) is 1.94. The van der Waals surface area contributed by atoms with E-state index in [2.05, 4.69) is 0 Å². The van der Waals surface area contributed by atoms with E-state index in [1.165, 1.54) is 14.2 Å². The summed E-state index contributed by atoms with van der Waals surface area (Å²) in [5.74, 6) is -1.72. The number of ether oxygens (including phenoxy) is 1. The Balaban J connectivity index is 2.33. The van der Waals surface area contributed by atoms with Gasteiger partial charge in [-0.2, -0.15) is 0 Å². The number of hydrogen-bond donors (Lipinski definition) is 0. The maximum atomic E-state index is 12.8. The molecule has 0 fully saturated rings. The van der Waals surface area contributed by atoms with E-state index in [1.54, 1.807) is 48.5 Å². The summed E-state index contributed by atoms with van der Waals surface area (Å²) in [6, 6.07) is 15.7. The molecule has 1 unspecified atom stereocenters. The van der Waals surface area contributed by atoms with Gasteiger partial charge in [0, 0.05) is 19.8 Å². The smallest absolute Gasteiger partial charge is 0.375 e. The van der Waals surface area contributed by atoms with Crippen molar-refractivity contribution in [3.63, 3.8) is 0 Å². The molecule has 0 saturated heterocycles. The van der Waals surface area contributed by atoms with Crippen molar-refractivity contribution in [3.05, 3.63) is 71.3 Å². The van der Waals surface area contributed by atoms with Crippen LogP contribution in [-0.4, -0.2) is 20.2 Å². The van der Waals surface area contributed by atoms with Crippen molar-refractivity contribution in [1.29, 1.82) is 0 Å². The Morgan fingerprint density at radius 3 is 2.04 bits per heavy atom. The Bertz CT molecular complexity index is 689. The lowest BCUT2D eigenvalue weighted by atomic mass is 10.1. The van der Waals surface area contributed by atoms with Gasteiger partial charge in [-0.3, -0.25) is 4.57 Å². The lowest BCUT2D eigenvalue weighted by Crippen LogP contribution is -2.14. The fraction of sp³-hybridized carbons (Fsp3) is 0.235. The molecule has 0 bridgehead atoms. The van der Waals surface area contributed by atoms with Gasteiger partial charge in [0.05, 0.1) is 5.56 Å². The van der Waals surface area contributed by atoms with Crippen molar-refractivity contribution in [2.45, 2.75) is 12.8 Å². The lowest BCUT2D eigenvalue weighted by Gasteiger charge is -2.24. The molecule has 2 rings (SSSR count). The van der Waals surface area contributed by atoms with Crippen LogP contribution in [0.5, 0.6) is 0 Å². The average Bonchev–Trinajstić information content (AvgIpc) is 2.60. The highest BCUT2D eigenvalue weighted by atomic mass is 31.2. The Kier molecular flexibility index (Phi) is 5.72. The molecule has 122 valence electrons. The Labute approximate surface area is 135 Å². The van der Waals surface area contributed by atoms with Crippen LogP contribution in [0.15, 0.2) is 54.6 Å². The number of aryl methyl sites for hydroxylation is 1. The van der Waals surface area contributed by atoms with Crippen LogP contribution in [0, 0.1) is 6.92 Å². The van der Waals surface area contributed by atoms with Crippen molar-refractivity contribution < 1.29 is 23.1 Å². The minimum absolute atomic E-state index is 0.371. The van der Waals surface area contributed by atoms with E-state index in [0.717, 1.165) is 5.56 Å². The van der Waals surface area contributed by atoms with Crippen molar-refractivity contribution in [3.8, 4) is 0 Å². The number of carbonyl (C=O) groups excluding carboxylic acids is 1. The van der Waals surface area contributed by atoms with E-state index in [-0.39, 0.29) is 0 Å². The fourth-order valence-corrected chi connectivity index (χ4v) is 3.35. The normalized spacial score (nSPS) is 12.7. The zero-order valence-electron chi connectivity index (χ0n) is 13.3. The van der Waals surface area contributed by atoms with E-state index in [9.17, 15) is 9.36 Å². The lowest BCUT2D eigenvalue weighted by molar-refractivity contribution is 0.0381. The van der Waals surface area contributed by atoms with Gasteiger partial charge in [-0.25, -0.2) is 4.79 Å². The summed E-state index contributed by atoms with van der Waals surface area (Å²) >= 11 is 0. The SMILES string of the molecule is COP(=O)(OC)C(OC(=O)c1ccc(C)cc1)c1ccccc1. The Morgan fingerprint density at radius 1 is 0.957 bits per heavy atom. The quantitative estimate of drug-likeness (QED) is 0.581. The standard InChI is InChI=1S/C17H19O5P/c1-13-9-11-14(12-10-13)16(18)22-17(23(19,20-2)21-3)15-7-5-4-6-8-15/h4-12,17H,1-3H3. The molecule has 0 amide bonds. The summed E-state index contributed by atoms with van der Waals surface area (Å²) < 4.78 is 28.2. The molecule has 6 heteroatoms. The first-order valence-corrected chi connectivity index (χ1v) is 8.65. The minimum atomic E-state index is -3.64. The van der Waals surface area contributed by atoms with Crippen molar-refractivity contribution >= 4 is 13.6 Å². The molecule has 0 spiro atoms. The monoisotopic (exact) mass is 334 g/mol. The average molecular weight is 334 g/mol. The van der Waals surface area contributed by atoms with Gasteiger partial charge in [0.2, 0.25) is 5.85 Å². The van der Waals surface area contributed by atoms with Gasteiger partial charge in [0.25, 0.3) is 0 Å². The van der Waals surface area contributed by atoms with Gasteiger partial charge in [0.1, 0.15) is 0 Å². The molecular formula is C17H19O5P. The number of rotatable bonds is 6. The molecule has 0 aliphatic carbocycles. The molecule has 1 atom stereocenters. The topological polar surface area (TPSA) is 61.8 Å². The zero-order chi connectivity index (χ0) is 16.9. The molecule has 0 aromatic heterocycles. The summed E-state index contributed by atoms with van der Waals surface area (Å²) in [5, 5.41) is 0. The van der Waals surface area contributed by atoms with Crippen LogP contribution in [0.3, 0.4) is 0 Å². The maximum absolute atomic E-state index is 12.8. The highest BCUT2D eigenvalue weighted by Gasteiger charge is 2.39. The van der Waals surface area contributed by atoms with Crippen LogP contribution in [0.4, 0.5) is 0 Å². The third-order valence-corrected chi connectivity index (χ3v) is 5.38. The summed E-state index contributed by atoms with van der Waals surface area (Å²) in [6.07, 6.45) is 0. The van der Waals surface area contributed by atoms with Gasteiger partial charge >= 0.3 is 13.6 Å². The summed E-state index contributed by atoms with van der Waals surface area (Å²) in [4.78, 5) is 12.4. The highest BCUT2D eigenvalue weighted by molar-refractivity contribution is 7.54. The number of benzene rings is 2. The van der Waals surface area contributed by atoms with E-state index in [0.29, 0.717) is 11.1 Å². The first-order valence-electron chi connectivity index (χ1n) is 7.04. The molecule has 0 N–H and O–H groups in total. The third-order valence-electron chi connectivity index (χ3n) is 3.39. The van der Waals surface area contributed by atoms with E-state index in [4.69, 9.17) is 13.8 Å². The number of esters is 1.